The van der Waals surface area contributed by atoms with E-state index in [1.165, 1.54) is 24.8 Å². The maximum atomic E-state index is 13.0. The third kappa shape index (κ3) is 5.91. The number of primary sulfonamides is 1. The number of hydrogen-bond donors (Lipinski definition) is 1. The highest BCUT2D eigenvalue weighted by atomic mass is 32.2. The molecule has 2 N–H and O–H groups in total. The second-order valence-corrected chi connectivity index (χ2v) is 10.4. The number of thiazole rings is 1. The van der Waals surface area contributed by atoms with Crippen LogP contribution in [0.1, 0.15) is 27.9 Å². The van der Waals surface area contributed by atoms with Crippen molar-refractivity contribution in [2.45, 2.75) is 24.3 Å². The number of carbonyl (C=O) groups is 2. The molecule has 10 heteroatoms. The molecule has 0 aliphatic carbocycles. The molecular formula is C25H23N3O5S2. The molecule has 180 valence electrons. The molecule has 0 atom stereocenters. The summed E-state index contributed by atoms with van der Waals surface area (Å²) in [5, 5.41) is 5.26. The van der Waals surface area contributed by atoms with E-state index in [0.29, 0.717) is 20.6 Å². The molecule has 4 aromatic rings. The molecule has 0 saturated heterocycles. The van der Waals surface area contributed by atoms with Gasteiger partial charge in [-0.3, -0.25) is 9.59 Å². The van der Waals surface area contributed by atoms with Crippen LogP contribution < -0.4 is 9.94 Å². The smallest absolute Gasteiger partial charge is 0.307 e. The minimum Gasteiger partial charge on any atom is -0.469 e. The van der Waals surface area contributed by atoms with Gasteiger partial charge in [-0.05, 0) is 47.9 Å². The number of sulfonamides is 1. The van der Waals surface area contributed by atoms with Crippen molar-refractivity contribution in [3.05, 3.63) is 94.3 Å². The molecule has 4 rings (SSSR count). The van der Waals surface area contributed by atoms with Gasteiger partial charge in [0.15, 0.2) is 4.80 Å². The van der Waals surface area contributed by atoms with Crippen LogP contribution in [0, 0.1) is 0 Å². The molecule has 0 aliphatic heterocycles. The number of esters is 1. The van der Waals surface area contributed by atoms with Gasteiger partial charge in [-0.15, -0.1) is 0 Å². The van der Waals surface area contributed by atoms with Crippen molar-refractivity contribution in [1.29, 1.82) is 0 Å². The molecule has 0 unspecified atom stereocenters. The fourth-order valence-corrected chi connectivity index (χ4v) is 5.29. The molecule has 0 fully saturated rings. The number of nitrogens with two attached hydrogens (primary N) is 1. The number of ether oxygens (including phenoxy) is 1. The number of amides is 1. The standard InChI is InChI=1S/C25H23N3O5S2/c1-33-23(29)13-14-28-21-12-11-20(35(26,31)32)16-22(21)34-25(28)27-24(30)19-9-7-18(8-10-19)15-17-5-3-2-4-6-17/h2-12,16H,13-15H2,1H3,(H2,26,31,32). The highest BCUT2D eigenvalue weighted by molar-refractivity contribution is 7.89. The number of benzene rings is 3. The lowest BCUT2D eigenvalue weighted by Gasteiger charge is -2.05. The van der Waals surface area contributed by atoms with Crippen molar-refractivity contribution in [3.63, 3.8) is 0 Å². The van der Waals surface area contributed by atoms with Crippen LogP contribution in [0.4, 0.5) is 0 Å². The summed E-state index contributed by atoms with van der Waals surface area (Å²) in [5.74, 6) is -0.856. The van der Waals surface area contributed by atoms with Gasteiger partial charge in [0, 0.05) is 12.1 Å². The Hall–Kier alpha value is -3.60. The van der Waals surface area contributed by atoms with Crippen LogP contribution in [0.15, 0.2) is 82.7 Å². The number of nitrogens with zero attached hydrogens (tertiary/aromatic N) is 2. The number of hydrogen-bond acceptors (Lipinski definition) is 6. The number of aromatic nitrogens is 1. The second-order valence-electron chi connectivity index (χ2n) is 7.81. The number of rotatable bonds is 7. The summed E-state index contributed by atoms with van der Waals surface area (Å²) in [6.45, 7) is 0.212. The molecule has 0 radical (unpaired) electrons. The van der Waals surface area contributed by atoms with Crippen LogP contribution in [-0.2, 0) is 32.5 Å². The van der Waals surface area contributed by atoms with Crippen LogP contribution in [0.5, 0.6) is 0 Å². The summed E-state index contributed by atoms with van der Waals surface area (Å²) in [7, 11) is -2.60. The van der Waals surface area contributed by atoms with Crippen molar-refractivity contribution < 1.29 is 22.7 Å². The topological polar surface area (TPSA) is 121 Å². The molecule has 0 spiro atoms. The number of methoxy groups -OCH3 is 1. The molecule has 8 nitrogen and oxygen atoms in total. The molecule has 35 heavy (non-hydrogen) atoms. The lowest BCUT2D eigenvalue weighted by molar-refractivity contribution is -0.140. The van der Waals surface area contributed by atoms with Crippen LogP contribution >= 0.6 is 11.3 Å². The highest BCUT2D eigenvalue weighted by Crippen LogP contribution is 2.22. The quantitative estimate of drug-likeness (QED) is 0.384. The predicted molar refractivity (Wildman–Crippen MR) is 133 cm³/mol. The fraction of sp³-hybridized carbons (Fsp3) is 0.160. The van der Waals surface area contributed by atoms with Crippen molar-refractivity contribution >= 4 is 43.5 Å². The average molecular weight is 510 g/mol. The van der Waals surface area contributed by atoms with Gasteiger partial charge in [-0.25, -0.2) is 13.6 Å². The minimum absolute atomic E-state index is 0.0433. The predicted octanol–water partition coefficient (Wildman–Crippen LogP) is 3.25. The minimum atomic E-state index is -3.89. The van der Waals surface area contributed by atoms with Crippen molar-refractivity contribution in [2.24, 2.45) is 10.1 Å². The highest BCUT2D eigenvalue weighted by Gasteiger charge is 2.15. The van der Waals surface area contributed by atoms with Crippen LogP contribution in [-0.4, -0.2) is 32.0 Å². The van der Waals surface area contributed by atoms with E-state index in [-0.39, 0.29) is 17.9 Å². The van der Waals surface area contributed by atoms with E-state index in [0.717, 1.165) is 23.3 Å². The first-order valence-electron chi connectivity index (χ1n) is 10.7. The molecule has 0 bridgehead atoms. The molecule has 0 saturated carbocycles. The van der Waals surface area contributed by atoms with E-state index in [9.17, 15) is 18.0 Å². The summed E-state index contributed by atoms with van der Waals surface area (Å²) in [6, 6.07) is 21.7. The first-order valence-corrected chi connectivity index (χ1v) is 13.1. The first kappa shape index (κ1) is 24.5. The van der Waals surface area contributed by atoms with Gasteiger partial charge >= 0.3 is 5.97 Å². The van der Waals surface area contributed by atoms with Crippen LogP contribution in [0.2, 0.25) is 0 Å². The zero-order valence-corrected chi connectivity index (χ0v) is 20.5. The molecule has 1 amide bonds. The number of fused-ring (bicyclic) bond motifs is 1. The average Bonchev–Trinajstić information content (AvgIpc) is 3.19. The van der Waals surface area contributed by atoms with E-state index < -0.39 is 21.9 Å². The second kappa shape index (κ2) is 10.3. The third-order valence-electron chi connectivity index (χ3n) is 5.40. The summed E-state index contributed by atoms with van der Waals surface area (Å²) in [4.78, 5) is 29.3. The first-order chi connectivity index (χ1) is 16.7. The SMILES string of the molecule is COC(=O)CCn1c(=NC(=O)c2ccc(Cc3ccccc3)cc2)sc2cc(S(N)(=O)=O)ccc21. The largest absolute Gasteiger partial charge is 0.469 e. The summed E-state index contributed by atoms with van der Waals surface area (Å²) >= 11 is 1.14. The van der Waals surface area contributed by atoms with Gasteiger partial charge < -0.3 is 9.30 Å². The Balaban J connectivity index is 1.68. The zero-order valence-electron chi connectivity index (χ0n) is 18.9. The van der Waals surface area contributed by atoms with Gasteiger partial charge in [-0.1, -0.05) is 53.8 Å². The third-order valence-corrected chi connectivity index (χ3v) is 7.35. The molecule has 1 heterocycles. The van der Waals surface area contributed by atoms with Gasteiger partial charge in [0.25, 0.3) is 5.91 Å². The van der Waals surface area contributed by atoms with E-state index in [2.05, 4.69) is 4.99 Å². The van der Waals surface area contributed by atoms with Gasteiger partial charge in [0.2, 0.25) is 10.0 Å². The van der Waals surface area contributed by atoms with Gasteiger partial charge in [0.05, 0.1) is 28.6 Å². The van der Waals surface area contributed by atoms with Crippen molar-refractivity contribution in [3.8, 4) is 0 Å². The number of carbonyl (C=O) groups excluding carboxylic acids is 2. The van der Waals surface area contributed by atoms with Crippen molar-refractivity contribution in [2.75, 3.05) is 7.11 Å². The fourth-order valence-electron chi connectivity index (χ4n) is 3.59. The lowest BCUT2D eigenvalue weighted by atomic mass is 10.0. The summed E-state index contributed by atoms with van der Waals surface area (Å²) in [5.41, 5.74) is 3.30. The molecule has 3 aromatic carbocycles. The summed E-state index contributed by atoms with van der Waals surface area (Å²) in [6.07, 6.45) is 0.817. The molecular weight excluding hydrogens is 486 g/mol. The van der Waals surface area contributed by atoms with E-state index in [1.54, 1.807) is 22.8 Å². The van der Waals surface area contributed by atoms with Crippen LogP contribution in [0.25, 0.3) is 10.2 Å². The molecule has 1 aromatic heterocycles. The Morgan fingerprint density at radius 2 is 1.69 bits per heavy atom. The Bertz CT molecular complexity index is 1550. The van der Waals surface area contributed by atoms with E-state index >= 15 is 0 Å². The van der Waals surface area contributed by atoms with E-state index in [1.807, 2.05) is 42.5 Å². The Labute approximate surface area is 206 Å². The monoisotopic (exact) mass is 509 g/mol. The van der Waals surface area contributed by atoms with Crippen molar-refractivity contribution in [1.82, 2.24) is 4.57 Å². The van der Waals surface area contributed by atoms with Gasteiger partial charge in [-0.2, -0.15) is 4.99 Å². The van der Waals surface area contributed by atoms with Crippen LogP contribution in [0.3, 0.4) is 0 Å². The Morgan fingerprint density at radius 3 is 2.34 bits per heavy atom. The normalized spacial score (nSPS) is 12.1. The lowest BCUT2D eigenvalue weighted by Crippen LogP contribution is -2.19. The maximum Gasteiger partial charge on any atom is 0.307 e. The zero-order chi connectivity index (χ0) is 25.0. The Morgan fingerprint density at radius 1 is 1.00 bits per heavy atom. The maximum absolute atomic E-state index is 13.0. The van der Waals surface area contributed by atoms with Gasteiger partial charge in [0.1, 0.15) is 0 Å². The number of aryl methyl sites for hydroxylation is 1. The summed E-state index contributed by atoms with van der Waals surface area (Å²) < 4.78 is 30.5. The Kier molecular flexibility index (Phi) is 7.25. The molecule has 0 aliphatic rings. The van der Waals surface area contributed by atoms with E-state index in [4.69, 9.17) is 9.88 Å².